The van der Waals surface area contributed by atoms with Gasteiger partial charge < -0.3 is 15.5 Å². The van der Waals surface area contributed by atoms with Gasteiger partial charge in [-0.3, -0.25) is 0 Å². The van der Waals surface area contributed by atoms with E-state index in [1.165, 1.54) is 11.1 Å². The Bertz CT molecular complexity index is 595. The van der Waals surface area contributed by atoms with Crippen LogP contribution in [-0.4, -0.2) is 42.1 Å². The molecular formula is C16H23N5. The molecule has 0 saturated carbocycles. The van der Waals surface area contributed by atoms with Crippen molar-refractivity contribution >= 4 is 17.5 Å². The molecule has 0 unspecified atom stereocenters. The molecule has 0 fully saturated rings. The largest absolute Gasteiger partial charge is 0.369 e. The Morgan fingerprint density at radius 3 is 2.67 bits per heavy atom. The van der Waals surface area contributed by atoms with Crippen molar-refractivity contribution in [2.24, 2.45) is 0 Å². The molecule has 0 bridgehead atoms. The van der Waals surface area contributed by atoms with Gasteiger partial charge in [-0.25, -0.2) is 4.98 Å². The maximum atomic E-state index is 4.48. The predicted octanol–water partition coefficient (Wildman–Crippen LogP) is 2.81. The molecule has 1 aromatic carbocycles. The lowest BCUT2D eigenvalue weighted by Gasteiger charge is -2.12. The van der Waals surface area contributed by atoms with Crippen molar-refractivity contribution in [1.29, 1.82) is 0 Å². The van der Waals surface area contributed by atoms with Crippen molar-refractivity contribution in [3.05, 3.63) is 41.6 Å². The number of hydrogen-bond acceptors (Lipinski definition) is 5. The minimum Gasteiger partial charge on any atom is -0.369 e. The van der Waals surface area contributed by atoms with E-state index < -0.39 is 0 Å². The number of benzene rings is 1. The van der Waals surface area contributed by atoms with Crippen molar-refractivity contribution in [2.75, 3.05) is 37.8 Å². The molecule has 21 heavy (non-hydrogen) atoms. The van der Waals surface area contributed by atoms with Crippen molar-refractivity contribution in [3.8, 4) is 0 Å². The number of hydrogen-bond donors (Lipinski definition) is 2. The van der Waals surface area contributed by atoms with Gasteiger partial charge in [0.15, 0.2) is 0 Å². The molecule has 0 atom stereocenters. The second kappa shape index (κ2) is 7.04. The molecule has 2 aromatic rings. The van der Waals surface area contributed by atoms with Crippen LogP contribution < -0.4 is 10.6 Å². The van der Waals surface area contributed by atoms with Gasteiger partial charge in [0.2, 0.25) is 5.95 Å². The van der Waals surface area contributed by atoms with Crippen LogP contribution >= 0.6 is 0 Å². The van der Waals surface area contributed by atoms with E-state index in [9.17, 15) is 0 Å². The summed E-state index contributed by atoms with van der Waals surface area (Å²) in [7, 11) is 4.10. The van der Waals surface area contributed by atoms with E-state index in [1.54, 1.807) is 6.20 Å². The van der Waals surface area contributed by atoms with Gasteiger partial charge in [0.05, 0.1) is 0 Å². The summed E-state index contributed by atoms with van der Waals surface area (Å²) >= 11 is 0. The zero-order valence-electron chi connectivity index (χ0n) is 13.1. The summed E-state index contributed by atoms with van der Waals surface area (Å²) in [4.78, 5) is 10.9. The Morgan fingerprint density at radius 2 is 1.95 bits per heavy atom. The average Bonchev–Trinajstić information content (AvgIpc) is 2.42. The number of aromatic nitrogens is 2. The molecule has 2 N–H and O–H groups in total. The van der Waals surface area contributed by atoms with Gasteiger partial charge in [-0.1, -0.05) is 17.7 Å². The molecule has 1 aromatic heterocycles. The number of nitrogens with one attached hydrogen (secondary N) is 2. The average molecular weight is 285 g/mol. The smallest absolute Gasteiger partial charge is 0.229 e. The Kier molecular flexibility index (Phi) is 5.11. The normalized spacial score (nSPS) is 10.7. The first-order valence-corrected chi connectivity index (χ1v) is 7.10. The summed E-state index contributed by atoms with van der Waals surface area (Å²) in [6.45, 7) is 5.98. The van der Waals surface area contributed by atoms with Crippen molar-refractivity contribution in [1.82, 2.24) is 14.9 Å². The predicted molar refractivity (Wildman–Crippen MR) is 88.3 cm³/mol. The van der Waals surface area contributed by atoms with E-state index in [-0.39, 0.29) is 0 Å². The van der Waals surface area contributed by atoms with Gasteiger partial charge in [0, 0.05) is 25.0 Å². The molecule has 0 aliphatic rings. The van der Waals surface area contributed by atoms with Crippen LogP contribution in [0.1, 0.15) is 11.1 Å². The van der Waals surface area contributed by atoms with Gasteiger partial charge >= 0.3 is 0 Å². The minimum absolute atomic E-state index is 0.608. The number of anilines is 3. The number of likely N-dealkylation sites (N-methyl/N-ethyl adjacent to an activating group) is 1. The third-order valence-corrected chi connectivity index (χ3v) is 3.15. The van der Waals surface area contributed by atoms with E-state index in [1.807, 2.05) is 6.07 Å². The highest BCUT2D eigenvalue weighted by molar-refractivity contribution is 5.59. The van der Waals surface area contributed by atoms with Gasteiger partial charge in [0.1, 0.15) is 5.82 Å². The first kappa shape index (κ1) is 15.3. The van der Waals surface area contributed by atoms with Crippen molar-refractivity contribution in [3.63, 3.8) is 0 Å². The highest BCUT2D eigenvalue weighted by Gasteiger charge is 2.03. The number of rotatable bonds is 6. The molecule has 0 aliphatic heterocycles. The fraction of sp³-hybridized carbons (Fsp3) is 0.375. The van der Waals surface area contributed by atoms with E-state index >= 15 is 0 Å². The van der Waals surface area contributed by atoms with Gasteiger partial charge in [0.25, 0.3) is 0 Å². The molecule has 2 rings (SSSR count). The second-order valence-corrected chi connectivity index (χ2v) is 5.44. The summed E-state index contributed by atoms with van der Waals surface area (Å²) in [5.74, 6) is 1.44. The van der Waals surface area contributed by atoms with Gasteiger partial charge in [-0.15, -0.1) is 0 Å². The Hall–Kier alpha value is -2.14. The third-order valence-electron chi connectivity index (χ3n) is 3.15. The van der Waals surface area contributed by atoms with E-state index in [4.69, 9.17) is 0 Å². The van der Waals surface area contributed by atoms with E-state index in [0.717, 1.165) is 24.6 Å². The molecule has 5 nitrogen and oxygen atoms in total. The SMILES string of the molecule is Cc1ccc(Nc2nccc(NCCN(C)C)n2)c(C)c1. The van der Waals surface area contributed by atoms with Crippen LogP contribution in [0.25, 0.3) is 0 Å². The summed E-state index contributed by atoms with van der Waals surface area (Å²) in [6.07, 6.45) is 1.76. The van der Waals surface area contributed by atoms with Crippen LogP contribution in [0.4, 0.5) is 17.5 Å². The maximum absolute atomic E-state index is 4.48. The maximum Gasteiger partial charge on any atom is 0.229 e. The summed E-state index contributed by atoms with van der Waals surface area (Å²) in [6, 6.07) is 8.15. The number of nitrogens with zero attached hydrogens (tertiary/aromatic N) is 3. The Morgan fingerprint density at radius 1 is 1.14 bits per heavy atom. The highest BCUT2D eigenvalue weighted by atomic mass is 15.2. The standard InChI is InChI=1S/C16H23N5/c1-12-5-6-14(13(2)11-12)19-16-18-8-7-15(20-16)17-9-10-21(3)4/h5-8,11H,9-10H2,1-4H3,(H2,17,18,19,20). The molecule has 0 spiro atoms. The van der Waals surface area contributed by atoms with E-state index in [2.05, 4.69) is 71.6 Å². The molecule has 1 heterocycles. The Balaban J connectivity index is 2.03. The zero-order chi connectivity index (χ0) is 15.2. The van der Waals surface area contributed by atoms with Crippen LogP contribution in [0, 0.1) is 13.8 Å². The Labute approximate surface area is 126 Å². The lowest BCUT2D eigenvalue weighted by molar-refractivity contribution is 0.425. The second-order valence-electron chi connectivity index (χ2n) is 5.44. The molecule has 0 amide bonds. The van der Waals surface area contributed by atoms with Crippen molar-refractivity contribution in [2.45, 2.75) is 13.8 Å². The molecule has 0 aliphatic carbocycles. The van der Waals surface area contributed by atoms with Gasteiger partial charge in [-0.2, -0.15) is 4.98 Å². The van der Waals surface area contributed by atoms with Crippen molar-refractivity contribution < 1.29 is 0 Å². The third kappa shape index (κ3) is 4.72. The lowest BCUT2D eigenvalue weighted by Crippen LogP contribution is -2.21. The van der Waals surface area contributed by atoms with Gasteiger partial charge in [-0.05, 0) is 45.6 Å². The quantitative estimate of drug-likeness (QED) is 0.855. The molecule has 0 saturated heterocycles. The van der Waals surface area contributed by atoms with Crippen LogP contribution in [0.3, 0.4) is 0 Å². The van der Waals surface area contributed by atoms with Crippen LogP contribution in [0.5, 0.6) is 0 Å². The zero-order valence-corrected chi connectivity index (χ0v) is 13.1. The summed E-state index contributed by atoms with van der Waals surface area (Å²) in [5.41, 5.74) is 3.47. The number of aryl methyl sites for hydroxylation is 2. The van der Waals surface area contributed by atoms with E-state index in [0.29, 0.717) is 5.95 Å². The lowest BCUT2D eigenvalue weighted by atomic mass is 10.1. The monoisotopic (exact) mass is 285 g/mol. The first-order valence-electron chi connectivity index (χ1n) is 7.10. The van der Waals surface area contributed by atoms with Crippen LogP contribution in [-0.2, 0) is 0 Å². The molecule has 112 valence electrons. The summed E-state index contributed by atoms with van der Waals surface area (Å²) < 4.78 is 0. The fourth-order valence-electron chi connectivity index (χ4n) is 2.00. The molecular weight excluding hydrogens is 262 g/mol. The molecule has 0 radical (unpaired) electrons. The van der Waals surface area contributed by atoms with Crippen LogP contribution in [0.2, 0.25) is 0 Å². The fourth-order valence-corrected chi connectivity index (χ4v) is 2.00. The minimum atomic E-state index is 0.608. The van der Waals surface area contributed by atoms with Crippen LogP contribution in [0.15, 0.2) is 30.5 Å². The topological polar surface area (TPSA) is 53.1 Å². The first-order chi connectivity index (χ1) is 10.0. The molecule has 5 heteroatoms. The highest BCUT2D eigenvalue weighted by Crippen LogP contribution is 2.19. The summed E-state index contributed by atoms with van der Waals surface area (Å²) in [5, 5.41) is 6.56.